The predicted octanol–water partition coefficient (Wildman–Crippen LogP) is 4.35. The summed E-state index contributed by atoms with van der Waals surface area (Å²) < 4.78 is 5.85. The van der Waals surface area contributed by atoms with E-state index >= 15 is 0 Å². The molecule has 0 heterocycles. The van der Waals surface area contributed by atoms with Crippen molar-refractivity contribution in [3.63, 3.8) is 0 Å². The molecule has 0 saturated heterocycles. The van der Waals surface area contributed by atoms with Crippen LogP contribution in [0.4, 0.5) is 0 Å². The summed E-state index contributed by atoms with van der Waals surface area (Å²) in [6.45, 7) is 17.9. The minimum atomic E-state index is -1.13. The summed E-state index contributed by atoms with van der Waals surface area (Å²) in [7, 11) is 0. The first-order chi connectivity index (χ1) is 9.54. The molecule has 0 amide bonds. The van der Waals surface area contributed by atoms with E-state index in [0.29, 0.717) is 0 Å². The Balaban J connectivity index is 3.65. The van der Waals surface area contributed by atoms with Gasteiger partial charge in [0.05, 0.1) is 0 Å². The molecule has 0 radical (unpaired) electrons. The van der Waals surface area contributed by atoms with E-state index in [1.807, 2.05) is 0 Å². The molecule has 0 aliphatic rings. The molecule has 0 aromatic heterocycles. The zero-order valence-electron chi connectivity index (χ0n) is 15.1. The second-order valence-corrected chi connectivity index (χ2v) is 16.2. The third-order valence-electron chi connectivity index (χ3n) is 4.44. The summed E-state index contributed by atoms with van der Waals surface area (Å²) in [5.41, 5.74) is 0. The van der Waals surface area contributed by atoms with Gasteiger partial charge in [0.1, 0.15) is 0 Å². The van der Waals surface area contributed by atoms with Crippen LogP contribution in [0, 0.1) is 0 Å². The van der Waals surface area contributed by atoms with Gasteiger partial charge in [0.2, 0.25) is 0 Å². The summed E-state index contributed by atoms with van der Waals surface area (Å²) in [6, 6.07) is 0.720. The zero-order chi connectivity index (χ0) is 15.4. The summed E-state index contributed by atoms with van der Waals surface area (Å²) in [4.78, 5) is 5.23. The number of hydrogen-bond acceptors (Lipinski definition) is 2. The Hall–Kier alpha value is 0.790. The summed E-state index contributed by atoms with van der Waals surface area (Å²) in [5.74, 6) is 0. The first kappa shape index (κ1) is 20.8. The minimum absolute atomic E-state index is 0.720. The van der Waals surface area contributed by atoms with Gasteiger partial charge in [0, 0.05) is 0 Å². The first-order valence-electron chi connectivity index (χ1n) is 9.01. The second-order valence-electron chi connectivity index (χ2n) is 6.55. The molecule has 20 heavy (non-hydrogen) atoms. The van der Waals surface area contributed by atoms with Crippen LogP contribution in [0.2, 0.25) is 13.0 Å². The SMILES string of the molecule is CCCN(CC)CC[CH2][In]([CH3])[CH2]CCN(CC)C(C)C. The Morgan fingerprint density at radius 2 is 1.45 bits per heavy atom. The molecule has 0 aromatic carbocycles. The van der Waals surface area contributed by atoms with Crippen molar-refractivity contribution >= 4 is 21.4 Å². The van der Waals surface area contributed by atoms with Gasteiger partial charge in [-0.15, -0.1) is 0 Å². The van der Waals surface area contributed by atoms with Gasteiger partial charge in [-0.1, -0.05) is 0 Å². The van der Waals surface area contributed by atoms with Gasteiger partial charge in [-0.3, -0.25) is 0 Å². The summed E-state index contributed by atoms with van der Waals surface area (Å²) >= 11 is -1.13. The fourth-order valence-corrected chi connectivity index (χ4v) is 8.82. The Morgan fingerprint density at radius 1 is 0.850 bits per heavy atom. The van der Waals surface area contributed by atoms with E-state index < -0.39 is 21.4 Å². The van der Waals surface area contributed by atoms with Gasteiger partial charge in [0.25, 0.3) is 0 Å². The van der Waals surface area contributed by atoms with Crippen LogP contribution < -0.4 is 0 Å². The fourth-order valence-electron chi connectivity index (χ4n) is 2.98. The third kappa shape index (κ3) is 10.5. The van der Waals surface area contributed by atoms with E-state index in [-0.39, 0.29) is 0 Å². The molecule has 0 spiro atoms. The van der Waals surface area contributed by atoms with Gasteiger partial charge in [0.15, 0.2) is 0 Å². The Morgan fingerprint density at radius 3 is 1.90 bits per heavy atom. The van der Waals surface area contributed by atoms with Crippen molar-refractivity contribution in [1.29, 1.82) is 0 Å². The second kappa shape index (κ2) is 13.5. The van der Waals surface area contributed by atoms with Crippen molar-refractivity contribution in [3.05, 3.63) is 0 Å². The van der Waals surface area contributed by atoms with Crippen LogP contribution in [0.25, 0.3) is 0 Å². The molecule has 0 saturated carbocycles. The van der Waals surface area contributed by atoms with Crippen LogP contribution in [0.5, 0.6) is 0 Å². The standard InChI is InChI=1S/2C8H18N.CH3.In/c1-5-7-9(6-2)8(3)4;1-4-7-9(6-3)8-5-2;;/h8H,1,5-7H2,2-4H3;1,4-8H2,2-3H3;1H3;. The predicted molar refractivity (Wildman–Crippen MR) is 95.3 cm³/mol. The van der Waals surface area contributed by atoms with Crippen molar-refractivity contribution in [2.24, 2.45) is 0 Å². The molecule has 0 N–H and O–H groups in total. The molecule has 0 atom stereocenters. The Labute approximate surface area is 136 Å². The first-order valence-corrected chi connectivity index (χ1v) is 17.0. The monoisotopic (exact) mass is 386 g/mol. The van der Waals surface area contributed by atoms with Crippen LogP contribution in [-0.4, -0.2) is 70.0 Å². The molecule has 0 rings (SSSR count). The molecule has 0 aromatic rings. The van der Waals surface area contributed by atoms with E-state index in [9.17, 15) is 0 Å². The van der Waals surface area contributed by atoms with Crippen LogP contribution in [-0.2, 0) is 0 Å². The number of nitrogens with zero attached hydrogens (tertiary/aromatic N) is 2. The Kier molecular flexibility index (Phi) is 14.0. The van der Waals surface area contributed by atoms with Crippen molar-refractivity contribution in [1.82, 2.24) is 9.80 Å². The van der Waals surface area contributed by atoms with E-state index in [2.05, 4.69) is 49.1 Å². The van der Waals surface area contributed by atoms with Gasteiger partial charge in [-0.2, -0.15) is 0 Å². The summed E-state index contributed by atoms with van der Waals surface area (Å²) in [5, 5.41) is 0. The average Bonchev–Trinajstić information content (AvgIpc) is 2.42. The molecule has 0 unspecified atom stereocenters. The molecule has 0 aliphatic heterocycles. The van der Waals surface area contributed by atoms with Gasteiger partial charge in [-0.25, -0.2) is 0 Å². The molecular formula is C17H39InN2. The van der Waals surface area contributed by atoms with Gasteiger partial charge >= 0.3 is 137 Å². The fraction of sp³-hybridized carbons (Fsp3) is 1.00. The van der Waals surface area contributed by atoms with Crippen LogP contribution in [0.15, 0.2) is 0 Å². The average molecular weight is 386 g/mol. The molecule has 0 aliphatic carbocycles. The third-order valence-corrected chi connectivity index (χ3v) is 12.4. The quantitative estimate of drug-likeness (QED) is 0.464. The van der Waals surface area contributed by atoms with E-state index in [1.165, 1.54) is 52.0 Å². The Bertz CT molecular complexity index is 209. The molecule has 2 nitrogen and oxygen atoms in total. The molecule has 0 fully saturated rings. The van der Waals surface area contributed by atoms with E-state index in [0.717, 1.165) is 6.04 Å². The number of hydrogen-bond donors (Lipinski definition) is 0. The van der Waals surface area contributed by atoms with Crippen molar-refractivity contribution < 1.29 is 0 Å². The normalized spacial score (nSPS) is 11.8. The van der Waals surface area contributed by atoms with Gasteiger partial charge < -0.3 is 0 Å². The molecule has 120 valence electrons. The van der Waals surface area contributed by atoms with Crippen LogP contribution >= 0.6 is 0 Å². The van der Waals surface area contributed by atoms with Crippen LogP contribution in [0.3, 0.4) is 0 Å². The number of rotatable bonds is 13. The molecule has 0 bridgehead atoms. The topological polar surface area (TPSA) is 6.48 Å². The molecule has 3 heteroatoms. The van der Waals surface area contributed by atoms with Crippen molar-refractivity contribution in [3.8, 4) is 0 Å². The van der Waals surface area contributed by atoms with E-state index in [1.54, 1.807) is 8.35 Å². The van der Waals surface area contributed by atoms with Crippen molar-refractivity contribution in [2.75, 3.05) is 32.7 Å². The zero-order valence-corrected chi connectivity index (χ0v) is 18.4. The summed E-state index contributed by atoms with van der Waals surface area (Å²) in [6.07, 6.45) is 4.22. The maximum atomic E-state index is 2.64. The maximum absolute atomic E-state index is 2.64. The molecular weight excluding hydrogens is 347 g/mol. The van der Waals surface area contributed by atoms with Crippen LogP contribution in [0.1, 0.15) is 53.9 Å². The van der Waals surface area contributed by atoms with Gasteiger partial charge in [-0.05, 0) is 0 Å². The van der Waals surface area contributed by atoms with E-state index in [4.69, 9.17) is 0 Å². The van der Waals surface area contributed by atoms with Crippen molar-refractivity contribution in [2.45, 2.75) is 73.0 Å².